The lowest BCUT2D eigenvalue weighted by Crippen LogP contribution is -2.33. The molecule has 2 aromatic heterocycles. The number of rotatable bonds is 8. The van der Waals surface area contributed by atoms with Gasteiger partial charge in [0.15, 0.2) is 0 Å². The van der Waals surface area contributed by atoms with Crippen molar-refractivity contribution in [2.75, 3.05) is 35.2 Å². The number of amides is 1. The number of nitrogens with zero attached hydrogens (tertiary/aromatic N) is 4. The smallest absolute Gasteiger partial charge is 0.240 e. The average molecular weight is 480 g/mol. The van der Waals surface area contributed by atoms with Crippen LogP contribution in [-0.4, -0.2) is 48.9 Å². The lowest BCUT2D eigenvalue weighted by atomic mass is 10.00. The predicted molar refractivity (Wildman–Crippen MR) is 129 cm³/mol. The molecule has 34 heavy (non-hydrogen) atoms. The molecule has 1 aromatic carbocycles. The monoisotopic (exact) mass is 479 g/mol. The van der Waals surface area contributed by atoms with Crippen LogP contribution in [0.25, 0.3) is 0 Å². The maximum Gasteiger partial charge on any atom is 0.240 e. The molecule has 4 heterocycles. The highest BCUT2D eigenvalue weighted by atomic mass is 32.2. The van der Waals surface area contributed by atoms with Gasteiger partial charge in [-0.1, -0.05) is 6.07 Å². The first-order chi connectivity index (χ1) is 16.4. The number of aromatic nitrogens is 3. The Morgan fingerprint density at radius 1 is 0.971 bits per heavy atom. The van der Waals surface area contributed by atoms with Gasteiger partial charge in [-0.15, -0.1) is 0 Å². The Morgan fingerprint density at radius 3 is 2.56 bits per heavy atom. The maximum atomic E-state index is 12.9. The van der Waals surface area contributed by atoms with E-state index in [9.17, 15) is 13.2 Å². The highest BCUT2D eigenvalue weighted by Crippen LogP contribution is 2.38. The van der Waals surface area contributed by atoms with Gasteiger partial charge in [0.1, 0.15) is 23.3 Å². The van der Waals surface area contributed by atoms with Crippen LogP contribution in [0.3, 0.4) is 0 Å². The van der Waals surface area contributed by atoms with E-state index >= 15 is 0 Å². The molecular weight excluding hydrogens is 454 g/mol. The quantitative estimate of drug-likeness (QED) is 0.419. The van der Waals surface area contributed by atoms with Crippen molar-refractivity contribution in [2.45, 2.75) is 31.1 Å². The van der Waals surface area contributed by atoms with E-state index in [0.717, 1.165) is 16.8 Å². The minimum atomic E-state index is -3.68. The summed E-state index contributed by atoms with van der Waals surface area (Å²) < 4.78 is 28.5. The standard InChI is InChI=1S/C23H25N7O3S/c1-15-27-20(14-21(28-15)29-19-4-2-3-8-24-19)25-9-10-26-34(32,33)18-12-16-5-6-22(31)30-11-7-17(13-18)23(16)30/h2-4,8,12-14,26H,5-7,9-11H2,1H3,(H2,24,25,27,28,29). The molecule has 0 atom stereocenters. The molecule has 0 saturated carbocycles. The lowest BCUT2D eigenvalue weighted by molar-refractivity contribution is -0.118. The fourth-order valence-corrected chi connectivity index (χ4v) is 5.46. The molecule has 0 fully saturated rings. The molecule has 0 bridgehead atoms. The number of anilines is 4. The Labute approximate surface area is 197 Å². The first-order valence-electron chi connectivity index (χ1n) is 11.1. The maximum absolute atomic E-state index is 12.9. The SMILES string of the molecule is Cc1nc(NCCNS(=O)(=O)c2cc3c4c(c2)CCN4C(=O)CC3)cc(Nc2ccccn2)n1. The van der Waals surface area contributed by atoms with E-state index in [2.05, 4.69) is 30.3 Å². The molecule has 11 heteroatoms. The van der Waals surface area contributed by atoms with Gasteiger partial charge in [0.2, 0.25) is 15.9 Å². The summed E-state index contributed by atoms with van der Waals surface area (Å²) in [5.41, 5.74) is 2.76. The van der Waals surface area contributed by atoms with E-state index in [4.69, 9.17) is 0 Å². The van der Waals surface area contributed by atoms with Crippen molar-refractivity contribution in [1.82, 2.24) is 19.7 Å². The summed E-state index contributed by atoms with van der Waals surface area (Å²) in [7, 11) is -3.68. The van der Waals surface area contributed by atoms with Crippen LogP contribution >= 0.6 is 0 Å². The van der Waals surface area contributed by atoms with Crippen LogP contribution in [-0.2, 0) is 27.7 Å². The molecule has 0 aliphatic carbocycles. The Morgan fingerprint density at radius 2 is 1.76 bits per heavy atom. The topological polar surface area (TPSA) is 129 Å². The molecular formula is C23H25N7O3S. The molecule has 5 rings (SSSR count). The number of aryl methyl sites for hydroxylation is 2. The van der Waals surface area contributed by atoms with Gasteiger partial charge in [0.05, 0.1) is 10.6 Å². The molecule has 2 aliphatic heterocycles. The van der Waals surface area contributed by atoms with Crippen molar-refractivity contribution in [3.63, 3.8) is 0 Å². The van der Waals surface area contributed by atoms with E-state index in [1.54, 1.807) is 36.2 Å². The summed E-state index contributed by atoms with van der Waals surface area (Å²) in [6, 6.07) is 10.7. The lowest BCUT2D eigenvalue weighted by Gasteiger charge is -2.25. The van der Waals surface area contributed by atoms with Gasteiger partial charge in [0, 0.05) is 38.3 Å². The minimum absolute atomic E-state index is 0.115. The number of hydrogen-bond donors (Lipinski definition) is 3. The number of nitrogens with one attached hydrogen (secondary N) is 3. The van der Waals surface area contributed by atoms with Gasteiger partial charge in [-0.05, 0) is 55.2 Å². The van der Waals surface area contributed by atoms with Crippen molar-refractivity contribution in [3.8, 4) is 0 Å². The van der Waals surface area contributed by atoms with Crippen LogP contribution in [0.2, 0.25) is 0 Å². The second-order valence-electron chi connectivity index (χ2n) is 8.24. The summed E-state index contributed by atoms with van der Waals surface area (Å²) >= 11 is 0. The second kappa shape index (κ2) is 8.99. The number of carbonyl (C=O) groups is 1. The molecule has 10 nitrogen and oxygen atoms in total. The molecule has 0 spiro atoms. The number of pyridine rings is 1. The van der Waals surface area contributed by atoms with Crippen molar-refractivity contribution >= 4 is 39.1 Å². The fourth-order valence-electron chi connectivity index (χ4n) is 4.33. The van der Waals surface area contributed by atoms with Crippen LogP contribution in [0.4, 0.5) is 23.1 Å². The van der Waals surface area contributed by atoms with Gasteiger partial charge >= 0.3 is 0 Å². The van der Waals surface area contributed by atoms with Crippen molar-refractivity contribution in [1.29, 1.82) is 0 Å². The first kappa shape index (κ1) is 22.2. The largest absolute Gasteiger partial charge is 0.369 e. The van der Waals surface area contributed by atoms with E-state index in [-0.39, 0.29) is 17.3 Å². The summed E-state index contributed by atoms with van der Waals surface area (Å²) in [6.07, 6.45) is 3.36. The molecule has 176 valence electrons. The second-order valence-corrected chi connectivity index (χ2v) is 10.0. The Balaban J connectivity index is 1.22. The summed E-state index contributed by atoms with van der Waals surface area (Å²) in [6.45, 7) is 2.94. The number of hydrogen-bond acceptors (Lipinski definition) is 8. The van der Waals surface area contributed by atoms with Gasteiger partial charge in [0.25, 0.3) is 0 Å². The first-order valence-corrected chi connectivity index (χ1v) is 12.6. The Bertz CT molecular complexity index is 1350. The van der Waals surface area contributed by atoms with Crippen LogP contribution in [0.1, 0.15) is 23.4 Å². The predicted octanol–water partition coefficient (Wildman–Crippen LogP) is 2.15. The highest BCUT2D eigenvalue weighted by Gasteiger charge is 2.32. The van der Waals surface area contributed by atoms with Crippen molar-refractivity contribution in [2.24, 2.45) is 0 Å². The van der Waals surface area contributed by atoms with Crippen LogP contribution in [0, 0.1) is 6.92 Å². The van der Waals surface area contributed by atoms with Crippen LogP contribution in [0.15, 0.2) is 47.5 Å². The normalized spacial score (nSPS) is 14.7. The van der Waals surface area contributed by atoms with Gasteiger partial charge in [-0.3, -0.25) is 4.79 Å². The zero-order valence-corrected chi connectivity index (χ0v) is 19.5. The number of sulfonamides is 1. The van der Waals surface area contributed by atoms with Gasteiger partial charge in [-0.25, -0.2) is 28.1 Å². The zero-order chi connectivity index (χ0) is 23.7. The zero-order valence-electron chi connectivity index (χ0n) is 18.7. The number of carbonyl (C=O) groups excluding carboxylic acids is 1. The molecule has 1 amide bonds. The van der Waals surface area contributed by atoms with Crippen LogP contribution < -0.4 is 20.3 Å². The summed E-state index contributed by atoms with van der Waals surface area (Å²) in [5.74, 6) is 2.53. The minimum Gasteiger partial charge on any atom is -0.369 e. The Hall–Kier alpha value is -3.57. The molecule has 3 aromatic rings. The van der Waals surface area contributed by atoms with E-state index in [1.807, 2.05) is 18.2 Å². The molecule has 0 radical (unpaired) electrons. The van der Waals surface area contributed by atoms with Crippen molar-refractivity contribution < 1.29 is 13.2 Å². The van der Waals surface area contributed by atoms with Crippen LogP contribution in [0.5, 0.6) is 0 Å². The van der Waals surface area contributed by atoms with E-state index in [1.165, 1.54) is 0 Å². The third-order valence-corrected chi connectivity index (χ3v) is 7.26. The Kier molecular flexibility index (Phi) is 5.88. The van der Waals surface area contributed by atoms with E-state index in [0.29, 0.717) is 55.6 Å². The van der Waals surface area contributed by atoms with E-state index < -0.39 is 10.0 Å². The summed E-state index contributed by atoms with van der Waals surface area (Å²) in [4.78, 5) is 27.1. The highest BCUT2D eigenvalue weighted by molar-refractivity contribution is 7.89. The molecule has 0 saturated heterocycles. The summed E-state index contributed by atoms with van der Waals surface area (Å²) in [5, 5.41) is 6.26. The van der Waals surface area contributed by atoms with Crippen molar-refractivity contribution in [3.05, 3.63) is 59.5 Å². The third-order valence-electron chi connectivity index (χ3n) is 5.82. The fraction of sp³-hybridized carbons (Fsp3) is 0.304. The van der Waals surface area contributed by atoms with Gasteiger partial charge < -0.3 is 15.5 Å². The molecule has 0 unspecified atom stereocenters. The number of benzene rings is 1. The third kappa shape index (κ3) is 4.57. The molecule has 3 N–H and O–H groups in total. The van der Waals surface area contributed by atoms with Gasteiger partial charge in [-0.2, -0.15) is 0 Å². The molecule has 2 aliphatic rings. The average Bonchev–Trinajstić information content (AvgIpc) is 3.25.